The summed E-state index contributed by atoms with van der Waals surface area (Å²) in [5.74, 6) is -0.274. The lowest BCUT2D eigenvalue weighted by molar-refractivity contribution is -0.149. The summed E-state index contributed by atoms with van der Waals surface area (Å²) in [7, 11) is 0. The number of nitrogens with one attached hydrogen (secondary N) is 1. The van der Waals surface area contributed by atoms with Gasteiger partial charge in [-0.25, -0.2) is 0 Å². The number of nitrogens with zero attached hydrogens (tertiary/aromatic N) is 1. The van der Waals surface area contributed by atoms with Gasteiger partial charge in [0.25, 0.3) is 0 Å². The molecule has 5 heteroatoms. The van der Waals surface area contributed by atoms with E-state index >= 15 is 0 Å². The lowest BCUT2D eigenvalue weighted by Crippen LogP contribution is -2.59. The molecule has 0 aliphatic carbocycles. The highest BCUT2D eigenvalue weighted by Crippen LogP contribution is 2.27. The van der Waals surface area contributed by atoms with Gasteiger partial charge in [-0.2, -0.15) is 0 Å². The maximum absolute atomic E-state index is 12.6. The quantitative estimate of drug-likeness (QED) is 0.909. The molecule has 0 spiro atoms. The molecule has 21 heavy (non-hydrogen) atoms. The van der Waals surface area contributed by atoms with Crippen LogP contribution in [0.25, 0.3) is 0 Å². The normalized spacial score (nSPS) is 22.1. The number of benzene rings is 1. The van der Waals surface area contributed by atoms with Gasteiger partial charge in [0.15, 0.2) is 0 Å². The van der Waals surface area contributed by atoms with Crippen LogP contribution in [0.4, 0.5) is 0 Å². The summed E-state index contributed by atoms with van der Waals surface area (Å²) >= 11 is 5.88. The van der Waals surface area contributed by atoms with Gasteiger partial charge in [-0.15, -0.1) is 0 Å². The molecule has 1 aliphatic rings. The Kier molecular flexibility index (Phi) is 5.02. The van der Waals surface area contributed by atoms with Crippen LogP contribution in [0.1, 0.15) is 31.4 Å². The van der Waals surface area contributed by atoms with Crippen LogP contribution in [-0.2, 0) is 9.59 Å². The molecule has 2 rings (SSSR count). The Labute approximate surface area is 129 Å². The molecule has 1 N–H and O–H groups in total. The minimum atomic E-state index is -0.651. The lowest BCUT2D eigenvalue weighted by atomic mass is 9.98. The van der Waals surface area contributed by atoms with Crippen molar-refractivity contribution < 1.29 is 9.59 Å². The molecule has 1 aromatic carbocycles. The number of piperazine rings is 1. The van der Waals surface area contributed by atoms with Crippen molar-refractivity contribution >= 4 is 23.4 Å². The number of rotatable bonds is 5. The molecule has 112 valence electrons. The van der Waals surface area contributed by atoms with Crippen molar-refractivity contribution in [2.75, 3.05) is 6.54 Å². The standard InChI is InChI=1S/C16H19ClN2O2/c1-3-7-13-16(21)19(10-11(2)17)14(15(20)18-13)12-8-5-4-6-9-12/h4-6,8-9,13-14H,2-3,7,10H2,1H3,(H,18,20). The highest BCUT2D eigenvalue weighted by Gasteiger charge is 2.40. The smallest absolute Gasteiger partial charge is 0.248 e. The van der Waals surface area contributed by atoms with Crippen molar-refractivity contribution in [2.45, 2.75) is 31.8 Å². The van der Waals surface area contributed by atoms with Crippen LogP contribution in [-0.4, -0.2) is 29.3 Å². The van der Waals surface area contributed by atoms with Crippen molar-refractivity contribution in [3.8, 4) is 0 Å². The predicted molar refractivity (Wildman–Crippen MR) is 82.7 cm³/mol. The Balaban J connectivity index is 2.35. The summed E-state index contributed by atoms with van der Waals surface area (Å²) in [5.41, 5.74) is 0.774. The van der Waals surface area contributed by atoms with E-state index in [1.807, 2.05) is 37.3 Å². The van der Waals surface area contributed by atoms with Crippen LogP contribution in [0.3, 0.4) is 0 Å². The molecule has 1 heterocycles. The van der Waals surface area contributed by atoms with E-state index in [9.17, 15) is 9.59 Å². The first-order valence-corrected chi connectivity index (χ1v) is 7.41. The summed E-state index contributed by atoms with van der Waals surface area (Å²) in [6, 6.07) is 8.11. The highest BCUT2D eigenvalue weighted by atomic mass is 35.5. The molecule has 0 saturated carbocycles. The maximum Gasteiger partial charge on any atom is 0.248 e. The van der Waals surface area contributed by atoms with E-state index < -0.39 is 12.1 Å². The van der Waals surface area contributed by atoms with E-state index in [0.29, 0.717) is 11.5 Å². The Morgan fingerprint density at radius 2 is 2.00 bits per heavy atom. The van der Waals surface area contributed by atoms with Gasteiger partial charge in [0.05, 0.1) is 6.54 Å². The predicted octanol–water partition coefficient (Wildman–Crippen LogP) is 2.61. The second kappa shape index (κ2) is 6.76. The molecule has 0 bridgehead atoms. The average Bonchev–Trinajstić information content (AvgIpc) is 2.45. The maximum atomic E-state index is 12.6. The van der Waals surface area contributed by atoms with Crippen molar-refractivity contribution in [1.29, 1.82) is 0 Å². The van der Waals surface area contributed by atoms with Crippen molar-refractivity contribution in [3.05, 3.63) is 47.5 Å². The molecular weight excluding hydrogens is 288 g/mol. The Bertz CT molecular complexity index is 544. The molecular formula is C16H19ClN2O2. The molecule has 2 unspecified atom stereocenters. The monoisotopic (exact) mass is 306 g/mol. The molecule has 1 fully saturated rings. The number of carbonyl (C=O) groups excluding carboxylic acids is 2. The van der Waals surface area contributed by atoms with Crippen LogP contribution in [0, 0.1) is 0 Å². The van der Waals surface area contributed by atoms with Crippen molar-refractivity contribution in [2.24, 2.45) is 0 Å². The minimum Gasteiger partial charge on any atom is -0.342 e. The third kappa shape index (κ3) is 3.45. The molecule has 2 amide bonds. The van der Waals surface area contributed by atoms with Gasteiger partial charge in [0.2, 0.25) is 11.8 Å². The lowest BCUT2D eigenvalue weighted by Gasteiger charge is -2.39. The fraction of sp³-hybridized carbons (Fsp3) is 0.375. The molecule has 4 nitrogen and oxygen atoms in total. The van der Waals surface area contributed by atoms with E-state index in [1.165, 1.54) is 4.90 Å². The Hall–Kier alpha value is -1.81. The van der Waals surface area contributed by atoms with E-state index in [4.69, 9.17) is 11.6 Å². The summed E-state index contributed by atoms with van der Waals surface area (Å²) in [6.07, 6.45) is 1.44. The van der Waals surface area contributed by atoms with E-state index in [2.05, 4.69) is 11.9 Å². The van der Waals surface area contributed by atoms with Crippen LogP contribution in [0.2, 0.25) is 0 Å². The second-order valence-corrected chi connectivity index (χ2v) is 5.68. The van der Waals surface area contributed by atoms with Gasteiger partial charge in [-0.3, -0.25) is 9.59 Å². The largest absolute Gasteiger partial charge is 0.342 e. The van der Waals surface area contributed by atoms with Gasteiger partial charge in [-0.1, -0.05) is 61.9 Å². The van der Waals surface area contributed by atoms with Crippen LogP contribution in [0.15, 0.2) is 41.9 Å². The Morgan fingerprint density at radius 1 is 1.33 bits per heavy atom. The van der Waals surface area contributed by atoms with E-state index in [0.717, 1.165) is 12.0 Å². The first-order valence-electron chi connectivity index (χ1n) is 7.03. The fourth-order valence-corrected chi connectivity index (χ4v) is 2.72. The summed E-state index contributed by atoms with van der Waals surface area (Å²) in [5, 5.41) is 3.16. The first kappa shape index (κ1) is 15.6. The zero-order chi connectivity index (χ0) is 15.4. The van der Waals surface area contributed by atoms with Gasteiger partial charge < -0.3 is 10.2 Å². The third-order valence-electron chi connectivity index (χ3n) is 3.49. The summed E-state index contributed by atoms with van der Waals surface area (Å²) in [4.78, 5) is 26.5. The second-order valence-electron chi connectivity index (χ2n) is 5.15. The average molecular weight is 307 g/mol. The molecule has 1 aliphatic heterocycles. The zero-order valence-electron chi connectivity index (χ0n) is 12.0. The SMILES string of the molecule is C=C(Cl)CN1C(=O)C(CCC)NC(=O)C1c1ccccc1. The van der Waals surface area contributed by atoms with Crippen LogP contribution in [0.5, 0.6) is 0 Å². The molecule has 0 aromatic heterocycles. The summed E-state index contributed by atoms with van der Waals surface area (Å²) in [6.45, 7) is 5.80. The van der Waals surface area contributed by atoms with Gasteiger partial charge >= 0.3 is 0 Å². The van der Waals surface area contributed by atoms with Crippen LogP contribution >= 0.6 is 11.6 Å². The van der Waals surface area contributed by atoms with Gasteiger partial charge in [0.1, 0.15) is 12.1 Å². The van der Waals surface area contributed by atoms with Crippen molar-refractivity contribution in [3.63, 3.8) is 0 Å². The first-order chi connectivity index (χ1) is 10.0. The summed E-state index contributed by atoms with van der Waals surface area (Å²) < 4.78 is 0. The number of hydrogen-bond donors (Lipinski definition) is 1. The number of carbonyl (C=O) groups is 2. The molecule has 1 aromatic rings. The number of halogens is 1. The molecule has 0 radical (unpaired) electrons. The van der Waals surface area contributed by atoms with Crippen LogP contribution < -0.4 is 5.32 Å². The fourth-order valence-electron chi connectivity index (χ4n) is 2.59. The highest BCUT2D eigenvalue weighted by molar-refractivity contribution is 6.29. The van der Waals surface area contributed by atoms with Gasteiger partial charge in [0, 0.05) is 5.03 Å². The Morgan fingerprint density at radius 3 is 2.57 bits per heavy atom. The zero-order valence-corrected chi connectivity index (χ0v) is 12.8. The third-order valence-corrected chi connectivity index (χ3v) is 3.61. The van der Waals surface area contributed by atoms with Crippen molar-refractivity contribution in [1.82, 2.24) is 10.2 Å². The van der Waals surface area contributed by atoms with E-state index in [-0.39, 0.29) is 18.4 Å². The van der Waals surface area contributed by atoms with Gasteiger partial charge in [-0.05, 0) is 12.0 Å². The molecule has 2 atom stereocenters. The van der Waals surface area contributed by atoms with E-state index in [1.54, 1.807) is 0 Å². The molecule has 1 saturated heterocycles. The minimum absolute atomic E-state index is 0.105. The number of amides is 2. The topological polar surface area (TPSA) is 49.4 Å². The number of hydrogen-bond acceptors (Lipinski definition) is 2.